The molecule has 1 aromatic carbocycles. The van der Waals surface area contributed by atoms with E-state index >= 15 is 0 Å². The van der Waals surface area contributed by atoms with Crippen molar-refractivity contribution < 1.29 is 14.3 Å². The van der Waals surface area contributed by atoms with Crippen molar-refractivity contribution in [3.63, 3.8) is 0 Å². The SMILES string of the molecule is CCC(NC(=O)Oc1ccccc1)OC. The normalized spacial score (nSPS) is 11.9. The average molecular weight is 209 g/mol. The number of methoxy groups -OCH3 is 1. The number of benzene rings is 1. The van der Waals surface area contributed by atoms with E-state index in [1.807, 2.05) is 13.0 Å². The first-order chi connectivity index (χ1) is 7.26. The summed E-state index contributed by atoms with van der Waals surface area (Å²) >= 11 is 0. The van der Waals surface area contributed by atoms with Gasteiger partial charge in [0, 0.05) is 7.11 Å². The van der Waals surface area contributed by atoms with Crippen molar-refractivity contribution in [3.8, 4) is 5.75 Å². The van der Waals surface area contributed by atoms with Crippen LogP contribution in [0.3, 0.4) is 0 Å². The van der Waals surface area contributed by atoms with E-state index in [0.717, 1.165) is 0 Å². The first-order valence-electron chi connectivity index (χ1n) is 4.82. The molecule has 0 bridgehead atoms. The standard InChI is InChI=1S/C11H15NO3/c1-3-10(14-2)12-11(13)15-9-7-5-4-6-8-9/h4-8,10H,3H2,1-2H3,(H,12,13). The number of para-hydroxylation sites is 1. The molecule has 1 amide bonds. The molecule has 1 atom stereocenters. The topological polar surface area (TPSA) is 47.6 Å². The number of carbonyl (C=O) groups is 1. The van der Waals surface area contributed by atoms with E-state index in [2.05, 4.69) is 5.32 Å². The van der Waals surface area contributed by atoms with E-state index in [-0.39, 0.29) is 6.23 Å². The van der Waals surface area contributed by atoms with Crippen molar-refractivity contribution in [2.45, 2.75) is 19.6 Å². The second-order valence-electron chi connectivity index (χ2n) is 2.98. The molecule has 15 heavy (non-hydrogen) atoms. The van der Waals surface area contributed by atoms with Crippen LogP contribution in [0.15, 0.2) is 30.3 Å². The van der Waals surface area contributed by atoms with Crippen LogP contribution in [0.2, 0.25) is 0 Å². The van der Waals surface area contributed by atoms with Crippen molar-refractivity contribution in [1.82, 2.24) is 5.32 Å². The average Bonchev–Trinajstić information content (AvgIpc) is 2.27. The summed E-state index contributed by atoms with van der Waals surface area (Å²) in [6.07, 6.45) is -0.114. The molecule has 82 valence electrons. The Morgan fingerprint density at radius 2 is 2.07 bits per heavy atom. The summed E-state index contributed by atoms with van der Waals surface area (Å²) in [5, 5.41) is 2.58. The Labute approximate surface area is 89.2 Å². The number of hydrogen-bond acceptors (Lipinski definition) is 3. The zero-order valence-corrected chi connectivity index (χ0v) is 8.90. The van der Waals surface area contributed by atoms with Crippen LogP contribution in [-0.2, 0) is 4.74 Å². The van der Waals surface area contributed by atoms with Gasteiger partial charge in [0.05, 0.1) is 0 Å². The molecule has 0 heterocycles. The molecule has 0 aliphatic rings. The first-order valence-corrected chi connectivity index (χ1v) is 4.82. The van der Waals surface area contributed by atoms with E-state index in [9.17, 15) is 4.79 Å². The van der Waals surface area contributed by atoms with Crippen molar-refractivity contribution in [2.75, 3.05) is 7.11 Å². The van der Waals surface area contributed by atoms with Crippen LogP contribution in [0.1, 0.15) is 13.3 Å². The van der Waals surface area contributed by atoms with Gasteiger partial charge in [-0.25, -0.2) is 4.79 Å². The maximum Gasteiger partial charge on any atom is 0.414 e. The van der Waals surface area contributed by atoms with E-state index in [1.165, 1.54) is 7.11 Å². The van der Waals surface area contributed by atoms with Gasteiger partial charge in [0.2, 0.25) is 0 Å². The van der Waals surface area contributed by atoms with E-state index in [1.54, 1.807) is 24.3 Å². The molecular weight excluding hydrogens is 194 g/mol. The van der Waals surface area contributed by atoms with Crippen LogP contribution >= 0.6 is 0 Å². The number of carbonyl (C=O) groups excluding carboxylic acids is 1. The summed E-state index contributed by atoms with van der Waals surface area (Å²) in [4.78, 5) is 11.3. The maximum atomic E-state index is 11.3. The van der Waals surface area contributed by atoms with Gasteiger partial charge in [-0.3, -0.25) is 5.32 Å². The van der Waals surface area contributed by atoms with Gasteiger partial charge in [0.15, 0.2) is 0 Å². The lowest BCUT2D eigenvalue weighted by Gasteiger charge is -2.14. The van der Waals surface area contributed by atoms with Gasteiger partial charge >= 0.3 is 6.09 Å². The lowest BCUT2D eigenvalue weighted by atomic mass is 10.3. The van der Waals surface area contributed by atoms with Crippen LogP contribution in [-0.4, -0.2) is 19.4 Å². The first kappa shape index (κ1) is 11.5. The van der Waals surface area contributed by atoms with Crippen molar-refractivity contribution in [3.05, 3.63) is 30.3 Å². The third-order valence-corrected chi connectivity index (χ3v) is 1.89. The third kappa shape index (κ3) is 3.99. The van der Waals surface area contributed by atoms with Gasteiger partial charge in [-0.15, -0.1) is 0 Å². The smallest absolute Gasteiger partial charge is 0.410 e. The Balaban J connectivity index is 2.43. The molecule has 0 aliphatic heterocycles. The highest BCUT2D eigenvalue weighted by Crippen LogP contribution is 2.08. The van der Waals surface area contributed by atoms with E-state index in [0.29, 0.717) is 12.2 Å². The van der Waals surface area contributed by atoms with Crippen molar-refractivity contribution >= 4 is 6.09 Å². The van der Waals surface area contributed by atoms with E-state index in [4.69, 9.17) is 9.47 Å². The summed E-state index contributed by atoms with van der Waals surface area (Å²) in [5.74, 6) is 0.515. The van der Waals surface area contributed by atoms with Crippen molar-refractivity contribution in [2.24, 2.45) is 0 Å². The molecule has 0 spiro atoms. The van der Waals surface area contributed by atoms with Crippen LogP contribution in [0.25, 0.3) is 0 Å². The fourth-order valence-electron chi connectivity index (χ4n) is 1.08. The Kier molecular flexibility index (Phi) is 4.63. The minimum absolute atomic E-state index is 0.304. The lowest BCUT2D eigenvalue weighted by Crippen LogP contribution is -2.37. The molecule has 0 saturated carbocycles. The number of ether oxygens (including phenoxy) is 2. The van der Waals surface area contributed by atoms with Gasteiger partial charge in [0.1, 0.15) is 12.0 Å². The largest absolute Gasteiger partial charge is 0.414 e. The Morgan fingerprint density at radius 1 is 1.40 bits per heavy atom. The molecule has 1 rings (SSSR count). The zero-order chi connectivity index (χ0) is 11.1. The predicted molar refractivity (Wildman–Crippen MR) is 56.7 cm³/mol. The number of amides is 1. The van der Waals surface area contributed by atoms with Crippen LogP contribution in [0.4, 0.5) is 4.79 Å². The fraction of sp³-hybridized carbons (Fsp3) is 0.364. The molecule has 1 unspecified atom stereocenters. The van der Waals surface area contributed by atoms with Gasteiger partial charge in [-0.1, -0.05) is 25.1 Å². The predicted octanol–water partition coefficient (Wildman–Crippen LogP) is 2.16. The van der Waals surface area contributed by atoms with Crippen LogP contribution in [0, 0.1) is 0 Å². The maximum absolute atomic E-state index is 11.3. The zero-order valence-electron chi connectivity index (χ0n) is 8.90. The van der Waals surface area contributed by atoms with Gasteiger partial charge < -0.3 is 9.47 Å². The molecule has 0 saturated heterocycles. The van der Waals surface area contributed by atoms with Crippen molar-refractivity contribution in [1.29, 1.82) is 0 Å². The highest BCUT2D eigenvalue weighted by Gasteiger charge is 2.10. The second kappa shape index (κ2) is 6.03. The van der Waals surface area contributed by atoms with Gasteiger partial charge in [-0.05, 0) is 18.6 Å². The summed E-state index contributed by atoms with van der Waals surface area (Å²) in [5.41, 5.74) is 0. The Bertz CT molecular complexity index is 296. The highest BCUT2D eigenvalue weighted by atomic mass is 16.6. The summed E-state index contributed by atoms with van der Waals surface area (Å²) in [7, 11) is 1.54. The molecule has 1 aromatic rings. The monoisotopic (exact) mass is 209 g/mol. The minimum atomic E-state index is -0.505. The fourth-order valence-corrected chi connectivity index (χ4v) is 1.08. The minimum Gasteiger partial charge on any atom is -0.410 e. The molecule has 0 radical (unpaired) electrons. The molecule has 0 fully saturated rings. The van der Waals surface area contributed by atoms with Gasteiger partial charge in [0.25, 0.3) is 0 Å². The summed E-state index contributed by atoms with van der Waals surface area (Å²) in [6.45, 7) is 1.91. The number of rotatable bonds is 4. The molecule has 0 aromatic heterocycles. The second-order valence-corrected chi connectivity index (χ2v) is 2.98. The molecule has 1 N–H and O–H groups in total. The van der Waals surface area contributed by atoms with Crippen LogP contribution < -0.4 is 10.1 Å². The van der Waals surface area contributed by atoms with Gasteiger partial charge in [-0.2, -0.15) is 0 Å². The third-order valence-electron chi connectivity index (χ3n) is 1.89. The number of nitrogens with one attached hydrogen (secondary N) is 1. The number of hydrogen-bond donors (Lipinski definition) is 1. The summed E-state index contributed by atoms with van der Waals surface area (Å²) in [6, 6.07) is 8.89. The molecular formula is C11H15NO3. The van der Waals surface area contributed by atoms with Crippen LogP contribution in [0.5, 0.6) is 5.75 Å². The Morgan fingerprint density at radius 3 is 2.60 bits per heavy atom. The quantitative estimate of drug-likeness (QED) is 0.773. The lowest BCUT2D eigenvalue weighted by molar-refractivity contribution is 0.0707. The molecule has 4 heteroatoms. The molecule has 4 nitrogen and oxygen atoms in total. The van der Waals surface area contributed by atoms with E-state index < -0.39 is 6.09 Å². The highest BCUT2D eigenvalue weighted by molar-refractivity contribution is 5.70. The molecule has 0 aliphatic carbocycles. The summed E-state index contributed by atoms with van der Waals surface area (Å²) < 4.78 is 10.0. The Hall–Kier alpha value is -1.55.